The minimum Gasteiger partial charge on any atom is -0.545 e. The van der Waals surface area contributed by atoms with Crippen molar-refractivity contribution in [2.75, 3.05) is 47.5 Å². The second-order valence-electron chi connectivity index (χ2n) is 22.3. The average molecular weight is 1130 g/mol. The van der Waals surface area contributed by atoms with E-state index in [0.29, 0.717) is 23.9 Å². The average Bonchev–Trinajstić information content (AvgIpc) is 3.44. The van der Waals surface area contributed by atoms with Crippen LogP contribution in [0, 0.1) is 0 Å². The van der Waals surface area contributed by atoms with Crippen molar-refractivity contribution in [3.05, 3.63) is 134 Å². The van der Waals surface area contributed by atoms with E-state index in [1.54, 1.807) is 6.08 Å². The maximum atomic E-state index is 12.9. The smallest absolute Gasteiger partial charge is 0.309 e. The van der Waals surface area contributed by atoms with Crippen LogP contribution in [0.3, 0.4) is 0 Å². The Morgan fingerprint density at radius 3 is 1.05 bits per heavy atom. The van der Waals surface area contributed by atoms with Gasteiger partial charge in [0.2, 0.25) is 0 Å². The highest BCUT2D eigenvalue weighted by Crippen LogP contribution is 2.17. The molecule has 0 aliphatic carbocycles. The molecular weight excluding hydrogens is 1010 g/mol. The predicted molar refractivity (Wildman–Crippen MR) is 343 cm³/mol. The monoisotopic (exact) mass is 1130 g/mol. The zero-order valence-electron chi connectivity index (χ0n) is 52.4. The summed E-state index contributed by atoms with van der Waals surface area (Å²) in [5.74, 6) is -2.45. The van der Waals surface area contributed by atoms with Crippen LogP contribution < -0.4 is 5.11 Å². The molecular formula is C72H119NO8. The van der Waals surface area contributed by atoms with Gasteiger partial charge in [0.15, 0.2) is 12.4 Å². The Balaban J connectivity index is 4.03. The van der Waals surface area contributed by atoms with Crippen molar-refractivity contribution >= 4 is 17.9 Å². The molecule has 0 rings (SSSR count). The number of allylic oxidation sites excluding steroid dienone is 21. The minimum atomic E-state index is -1.65. The van der Waals surface area contributed by atoms with Crippen LogP contribution in [0.15, 0.2) is 134 Å². The Kier molecular flexibility index (Phi) is 58.0. The highest BCUT2D eigenvalue weighted by atomic mass is 16.7. The fourth-order valence-electron chi connectivity index (χ4n) is 8.56. The SMILES string of the molecule is CC/C=C\C/C=C\C/C=C\C/C=C\C/C=C\C/C=C\CCCCCCCCCCCCCCCCCCCCCCCCC(=O)OC(COC(=O)C/C=C\C/C=C\C/C=C\C/C=C\C/C=C\CC)COC(OCC[N+](C)(C)C)C(=O)[O-]. The van der Waals surface area contributed by atoms with E-state index >= 15 is 0 Å². The minimum absolute atomic E-state index is 0.0563. The molecule has 0 aromatic heterocycles. The number of nitrogens with zero attached hydrogens (tertiary/aromatic N) is 1. The Hall–Kier alpha value is -4.57. The van der Waals surface area contributed by atoms with Crippen LogP contribution in [0.4, 0.5) is 0 Å². The molecule has 0 N–H and O–H groups in total. The highest BCUT2D eigenvalue weighted by Gasteiger charge is 2.21. The summed E-state index contributed by atoms with van der Waals surface area (Å²) in [6.45, 7) is 4.40. The first-order valence-electron chi connectivity index (χ1n) is 32.3. The second-order valence-corrected chi connectivity index (χ2v) is 22.3. The summed E-state index contributed by atoms with van der Waals surface area (Å²) in [6.07, 6.45) is 85.8. The van der Waals surface area contributed by atoms with Crippen molar-refractivity contribution in [2.24, 2.45) is 0 Å². The van der Waals surface area contributed by atoms with Gasteiger partial charge in [-0.25, -0.2) is 0 Å². The Morgan fingerprint density at radius 1 is 0.383 bits per heavy atom. The van der Waals surface area contributed by atoms with E-state index in [-0.39, 0.29) is 32.7 Å². The molecule has 0 amide bonds. The molecule has 0 spiro atoms. The second kappa shape index (κ2) is 61.5. The number of rotatable bonds is 58. The number of carbonyl (C=O) groups excluding carboxylic acids is 3. The summed E-state index contributed by atoms with van der Waals surface area (Å²) < 4.78 is 22.6. The van der Waals surface area contributed by atoms with E-state index in [1.807, 2.05) is 33.3 Å². The van der Waals surface area contributed by atoms with Gasteiger partial charge in [0.25, 0.3) is 0 Å². The summed E-state index contributed by atoms with van der Waals surface area (Å²) in [5, 5.41) is 11.8. The van der Waals surface area contributed by atoms with Crippen molar-refractivity contribution in [2.45, 2.75) is 257 Å². The Bertz CT molecular complexity index is 1790. The molecule has 9 heteroatoms. The van der Waals surface area contributed by atoms with Gasteiger partial charge >= 0.3 is 11.9 Å². The first kappa shape index (κ1) is 76.4. The molecule has 0 aliphatic heterocycles. The molecule has 0 bridgehead atoms. The molecule has 0 aromatic carbocycles. The van der Waals surface area contributed by atoms with Gasteiger partial charge in [-0.15, -0.1) is 0 Å². The third-order valence-corrected chi connectivity index (χ3v) is 13.4. The van der Waals surface area contributed by atoms with Gasteiger partial charge in [0.1, 0.15) is 13.2 Å². The van der Waals surface area contributed by atoms with Crippen LogP contribution in [-0.2, 0) is 33.3 Å². The van der Waals surface area contributed by atoms with Gasteiger partial charge < -0.3 is 33.3 Å². The summed E-state index contributed by atoms with van der Waals surface area (Å²) in [6, 6.07) is 0. The Labute approximate surface area is 497 Å². The van der Waals surface area contributed by atoms with E-state index < -0.39 is 30.3 Å². The highest BCUT2D eigenvalue weighted by molar-refractivity contribution is 5.71. The molecule has 0 radical (unpaired) electrons. The fraction of sp³-hybridized carbons (Fsp3) is 0.653. The first-order valence-corrected chi connectivity index (χ1v) is 32.3. The molecule has 0 fully saturated rings. The molecule has 9 nitrogen and oxygen atoms in total. The molecule has 2 unspecified atom stereocenters. The van der Waals surface area contributed by atoms with E-state index in [1.165, 1.54) is 122 Å². The summed E-state index contributed by atoms with van der Waals surface area (Å²) in [4.78, 5) is 37.2. The largest absolute Gasteiger partial charge is 0.545 e. The van der Waals surface area contributed by atoms with Crippen LogP contribution in [0.5, 0.6) is 0 Å². The molecule has 0 saturated carbocycles. The number of carboxylic acid groups (broad SMARTS) is 1. The number of carbonyl (C=O) groups is 3. The van der Waals surface area contributed by atoms with Gasteiger partial charge in [0, 0.05) is 6.42 Å². The number of quaternary nitrogens is 1. The summed E-state index contributed by atoms with van der Waals surface area (Å²) in [5.41, 5.74) is 0. The molecule has 2 atom stereocenters. The quantitative estimate of drug-likeness (QED) is 0.0195. The van der Waals surface area contributed by atoms with Crippen LogP contribution in [0.2, 0.25) is 0 Å². The lowest BCUT2D eigenvalue weighted by molar-refractivity contribution is -0.870. The number of unbranched alkanes of at least 4 members (excludes halogenated alkanes) is 22. The number of likely N-dealkylation sites (N-methyl/N-ethyl adjacent to an activating group) is 1. The summed E-state index contributed by atoms with van der Waals surface area (Å²) >= 11 is 0. The Morgan fingerprint density at radius 2 is 0.704 bits per heavy atom. The standard InChI is InChI=1S/C72H119NO8/c1-6-8-10-12-14-16-18-20-22-23-24-25-26-27-28-29-30-31-32-33-34-35-36-37-38-39-40-41-42-43-44-45-46-47-49-51-53-55-57-59-61-63-70(75)81-68(67-80-72(71(76)77)78-65-64-73(3,4)5)66-79-69(74)62-60-58-56-54-52-50-48-21-19-17-15-13-11-9-7-2/h8-11,14-17,20-22,24-25,27-28,30-31,48,52,54,58,60,68,72H,6-7,12-13,18-19,23,26,29,32-47,49-51,53,55-57,59,61-67H2,1-5H3/b10-8-,11-9-,16-14-,17-15-,22-20-,25-24-,28-27-,31-30-,48-21-,54-52-,60-58-. The molecule has 460 valence electrons. The van der Waals surface area contributed by atoms with Gasteiger partial charge in [-0.2, -0.15) is 0 Å². The van der Waals surface area contributed by atoms with Crippen LogP contribution in [-0.4, -0.2) is 82.3 Å². The first-order chi connectivity index (χ1) is 39.6. The third-order valence-electron chi connectivity index (χ3n) is 13.4. The van der Waals surface area contributed by atoms with Crippen molar-refractivity contribution in [1.29, 1.82) is 0 Å². The zero-order valence-corrected chi connectivity index (χ0v) is 52.4. The van der Waals surface area contributed by atoms with E-state index in [2.05, 4.69) is 129 Å². The lowest BCUT2D eigenvalue weighted by Gasteiger charge is -2.26. The molecule has 0 aromatic rings. The molecule has 0 aliphatic rings. The van der Waals surface area contributed by atoms with Crippen molar-refractivity contribution in [3.8, 4) is 0 Å². The topological polar surface area (TPSA) is 111 Å². The zero-order chi connectivity index (χ0) is 59.1. The van der Waals surface area contributed by atoms with Gasteiger partial charge in [-0.05, 0) is 89.9 Å². The van der Waals surface area contributed by atoms with Gasteiger partial charge in [0.05, 0.1) is 46.7 Å². The van der Waals surface area contributed by atoms with Gasteiger partial charge in [-0.1, -0.05) is 276 Å². The normalized spacial score (nSPS) is 13.6. The molecule has 0 heterocycles. The number of hydrogen-bond acceptors (Lipinski definition) is 8. The maximum Gasteiger partial charge on any atom is 0.309 e. The number of aliphatic carboxylic acids is 1. The molecule has 81 heavy (non-hydrogen) atoms. The van der Waals surface area contributed by atoms with Crippen LogP contribution >= 0.6 is 0 Å². The molecule has 0 saturated heterocycles. The lowest BCUT2D eigenvalue weighted by Crippen LogP contribution is -2.44. The van der Waals surface area contributed by atoms with E-state index in [0.717, 1.165) is 83.5 Å². The van der Waals surface area contributed by atoms with Crippen LogP contribution in [0.1, 0.15) is 245 Å². The van der Waals surface area contributed by atoms with E-state index in [9.17, 15) is 19.5 Å². The van der Waals surface area contributed by atoms with E-state index in [4.69, 9.17) is 18.9 Å². The maximum absolute atomic E-state index is 12.9. The number of hydrogen-bond donors (Lipinski definition) is 0. The van der Waals surface area contributed by atoms with Gasteiger partial charge in [-0.3, -0.25) is 9.59 Å². The summed E-state index contributed by atoms with van der Waals surface area (Å²) in [7, 11) is 5.89. The fourth-order valence-corrected chi connectivity index (χ4v) is 8.56. The van der Waals surface area contributed by atoms with Crippen molar-refractivity contribution in [3.63, 3.8) is 0 Å². The van der Waals surface area contributed by atoms with Crippen LogP contribution in [0.25, 0.3) is 0 Å². The van der Waals surface area contributed by atoms with Crippen molar-refractivity contribution in [1.82, 2.24) is 0 Å². The van der Waals surface area contributed by atoms with Crippen molar-refractivity contribution < 1.29 is 42.9 Å². The predicted octanol–water partition coefficient (Wildman–Crippen LogP) is 18.5. The number of esters is 2. The lowest BCUT2D eigenvalue weighted by atomic mass is 10.0. The third kappa shape index (κ3) is 62.9. The number of carboxylic acids is 1. The number of ether oxygens (including phenoxy) is 4.